The molecule has 2 heterocycles. The number of nitrogens with zero attached hydrogens (tertiary/aromatic N) is 3. The molecule has 0 radical (unpaired) electrons. The van der Waals surface area contributed by atoms with Crippen LogP contribution in [-0.4, -0.2) is 27.7 Å². The third kappa shape index (κ3) is 6.25. The van der Waals surface area contributed by atoms with Crippen molar-refractivity contribution in [3.63, 3.8) is 0 Å². The molecule has 2 aromatic heterocycles. The third-order valence-corrected chi connectivity index (χ3v) is 4.64. The molecule has 0 bridgehead atoms. The Bertz CT molecular complexity index is 1120. The topological polar surface area (TPSA) is 93.1 Å². The number of imidazole rings is 1. The van der Waals surface area contributed by atoms with Crippen molar-refractivity contribution in [1.82, 2.24) is 25.2 Å². The van der Waals surface area contributed by atoms with Crippen molar-refractivity contribution in [3.8, 4) is 11.3 Å². The van der Waals surface area contributed by atoms with E-state index in [2.05, 4.69) is 25.9 Å². The second-order valence-electron chi connectivity index (χ2n) is 7.08. The molecule has 0 unspecified atom stereocenters. The van der Waals surface area contributed by atoms with Gasteiger partial charge in [-0.2, -0.15) is 13.2 Å². The van der Waals surface area contributed by atoms with E-state index in [-0.39, 0.29) is 11.6 Å². The zero-order chi connectivity index (χ0) is 24.0. The summed E-state index contributed by atoms with van der Waals surface area (Å²) >= 11 is 0. The highest BCUT2D eigenvalue weighted by Crippen LogP contribution is 2.30. The number of aryl methyl sites for hydroxylation is 2. The summed E-state index contributed by atoms with van der Waals surface area (Å²) in [6.45, 7) is 2.28. The number of amides is 2. The van der Waals surface area contributed by atoms with Crippen LogP contribution in [0, 0.1) is 6.92 Å². The summed E-state index contributed by atoms with van der Waals surface area (Å²) in [6, 6.07) is 7.38. The van der Waals surface area contributed by atoms with Crippen molar-refractivity contribution < 1.29 is 22.7 Å². The molecule has 3 aromatic rings. The van der Waals surface area contributed by atoms with Crippen LogP contribution in [0.1, 0.15) is 17.0 Å². The third-order valence-electron chi connectivity index (χ3n) is 4.64. The number of anilines is 1. The first-order valence-electron chi connectivity index (χ1n) is 9.83. The maximum absolute atomic E-state index is 12.8. The van der Waals surface area contributed by atoms with Gasteiger partial charge in [-0.15, -0.1) is 0 Å². The van der Waals surface area contributed by atoms with Crippen LogP contribution >= 0.6 is 0 Å². The summed E-state index contributed by atoms with van der Waals surface area (Å²) in [7, 11) is 3.26. The Hall–Kier alpha value is -4.02. The minimum atomic E-state index is -4.50. The molecule has 3 rings (SSSR count). The van der Waals surface area contributed by atoms with E-state index in [0.717, 1.165) is 34.8 Å². The lowest BCUT2D eigenvalue weighted by atomic mass is 10.1. The van der Waals surface area contributed by atoms with Gasteiger partial charge in [-0.1, -0.05) is 6.07 Å². The number of aromatic nitrogens is 3. The number of hydrogen-bond acceptors (Lipinski definition) is 5. The first-order valence-corrected chi connectivity index (χ1v) is 9.83. The summed E-state index contributed by atoms with van der Waals surface area (Å²) in [5.74, 6) is 0.0709. The van der Waals surface area contributed by atoms with Crippen LogP contribution in [-0.2, 0) is 24.5 Å². The molecule has 0 aliphatic rings. The average molecular weight is 460 g/mol. The van der Waals surface area contributed by atoms with Gasteiger partial charge < -0.3 is 19.9 Å². The molecule has 1 aromatic carbocycles. The van der Waals surface area contributed by atoms with E-state index in [9.17, 15) is 18.0 Å². The van der Waals surface area contributed by atoms with E-state index < -0.39 is 17.8 Å². The van der Waals surface area contributed by atoms with Gasteiger partial charge in [0.15, 0.2) is 0 Å². The molecule has 174 valence electrons. The Morgan fingerprint density at radius 1 is 1.21 bits per heavy atom. The fourth-order valence-corrected chi connectivity index (χ4v) is 3.07. The fourth-order valence-electron chi connectivity index (χ4n) is 3.07. The summed E-state index contributed by atoms with van der Waals surface area (Å²) < 4.78 is 45.4. The molecule has 0 atom stereocenters. The van der Waals surface area contributed by atoms with E-state index in [1.54, 1.807) is 12.5 Å². The van der Waals surface area contributed by atoms with Gasteiger partial charge in [0.2, 0.25) is 5.88 Å². The van der Waals surface area contributed by atoms with Crippen molar-refractivity contribution in [3.05, 3.63) is 78.0 Å². The lowest BCUT2D eigenvalue weighted by Gasteiger charge is -2.12. The van der Waals surface area contributed by atoms with Crippen molar-refractivity contribution in [2.75, 3.05) is 12.4 Å². The van der Waals surface area contributed by atoms with Crippen LogP contribution in [0.4, 0.5) is 23.7 Å². The summed E-state index contributed by atoms with van der Waals surface area (Å²) in [5.41, 5.74) is 2.73. The summed E-state index contributed by atoms with van der Waals surface area (Å²) in [4.78, 5) is 20.8. The number of rotatable bonds is 7. The zero-order valence-corrected chi connectivity index (χ0v) is 18.2. The van der Waals surface area contributed by atoms with Crippen LogP contribution in [0.25, 0.3) is 11.3 Å². The highest BCUT2D eigenvalue weighted by atomic mass is 19.4. The minimum absolute atomic E-state index is 0.00122. The SMILES string of the molecule is CO/C(=C\NCc1ccc(-c2c(C)ncn2C)cn1)NC(=O)Nc1cccc(C(F)(F)F)c1. The number of hydrogen-bond donors (Lipinski definition) is 3. The number of methoxy groups -OCH3 is 1. The Morgan fingerprint density at radius 3 is 2.61 bits per heavy atom. The highest BCUT2D eigenvalue weighted by molar-refractivity contribution is 5.90. The highest BCUT2D eigenvalue weighted by Gasteiger charge is 2.30. The van der Waals surface area contributed by atoms with Gasteiger partial charge in [0, 0.05) is 24.5 Å². The molecular formula is C22H23F3N6O2. The van der Waals surface area contributed by atoms with Gasteiger partial charge in [-0.05, 0) is 37.3 Å². The maximum Gasteiger partial charge on any atom is 0.416 e. The van der Waals surface area contributed by atoms with Gasteiger partial charge in [-0.25, -0.2) is 9.78 Å². The van der Waals surface area contributed by atoms with E-state index in [0.29, 0.717) is 6.54 Å². The number of ether oxygens (including phenoxy) is 1. The van der Waals surface area contributed by atoms with Crippen molar-refractivity contribution >= 4 is 11.7 Å². The Kier molecular flexibility index (Phi) is 7.21. The normalized spacial score (nSPS) is 11.8. The largest absolute Gasteiger partial charge is 0.481 e. The van der Waals surface area contributed by atoms with Crippen LogP contribution < -0.4 is 16.0 Å². The van der Waals surface area contributed by atoms with E-state index >= 15 is 0 Å². The number of benzene rings is 1. The molecule has 33 heavy (non-hydrogen) atoms. The lowest BCUT2D eigenvalue weighted by Crippen LogP contribution is -2.30. The van der Waals surface area contributed by atoms with Crippen LogP contribution in [0.3, 0.4) is 0 Å². The van der Waals surface area contributed by atoms with Crippen LogP contribution in [0.15, 0.2) is 61.0 Å². The van der Waals surface area contributed by atoms with E-state index in [4.69, 9.17) is 4.74 Å². The first kappa shape index (κ1) is 23.6. The van der Waals surface area contributed by atoms with Gasteiger partial charge >= 0.3 is 12.2 Å². The molecule has 11 heteroatoms. The Morgan fingerprint density at radius 2 is 2.00 bits per heavy atom. The van der Waals surface area contributed by atoms with E-state index in [1.165, 1.54) is 25.4 Å². The van der Waals surface area contributed by atoms with Gasteiger partial charge in [0.25, 0.3) is 0 Å². The Labute approximate surface area is 188 Å². The number of pyridine rings is 1. The molecule has 0 saturated carbocycles. The zero-order valence-electron chi connectivity index (χ0n) is 18.2. The number of carbonyl (C=O) groups excluding carboxylic acids is 1. The monoisotopic (exact) mass is 460 g/mol. The predicted octanol–water partition coefficient (Wildman–Crippen LogP) is 4.17. The smallest absolute Gasteiger partial charge is 0.416 e. The molecule has 2 amide bonds. The molecule has 0 saturated heterocycles. The molecule has 0 aliphatic carbocycles. The number of alkyl halides is 3. The molecule has 3 N–H and O–H groups in total. The number of urea groups is 1. The summed E-state index contributed by atoms with van der Waals surface area (Å²) in [5, 5.41) is 7.72. The molecular weight excluding hydrogens is 437 g/mol. The van der Waals surface area contributed by atoms with Crippen molar-refractivity contribution in [2.24, 2.45) is 7.05 Å². The van der Waals surface area contributed by atoms with Gasteiger partial charge in [0.05, 0.1) is 48.8 Å². The number of halogens is 3. The van der Waals surface area contributed by atoms with Crippen LogP contribution in [0.5, 0.6) is 0 Å². The van der Waals surface area contributed by atoms with Gasteiger partial charge in [0.1, 0.15) is 0 Å². The van der Waals surface area contributed by atoms with Gasteiger partial charge in [-0.3, -0.25) is 10.3 Å². The minimum Gasteiger partial charge on any atom is -0.481 e. The fraction of sp³-hybridized carbons (Fsp3) is 0.227. The average Bonchev–Trinajstić information content (AvgIpc) is 3.11. The van der Waals surface area contributed by atoms with Crippen molar-refractivity contribution in [1.29, 1.82) is 0 Å². The van der Waals surface area contributed by atoms with Crippen LogP contribution in [0.2, 0.25) is 0 Å². The second kappa shape index (κ2) is 10.1. The molecule has 0 spiro atoms. The molecule has 8 nitrogen and oxygen atoms in total. The van der Waals surface area contributed by atoms with E-state index in [1.807, 2.05) is 30.7 Å². The Balaban J connectivity index is 1.55. The molecule has 0 aliphatic heterocycles. The predicted molar refractivity (Wildman–Crippen MR) is 117 cm³/mol. The first-order chi connectivity index (χ1) is 15.7. The summed E-state index contributed by atoms with van der Waals surface area (Å²) in [6.07, 6.45) is 0.418. The lowest BCUT2D eigenvalue weighted by molar-refractivity contribution is -0.137. The quantitative estimate of drug-likeness (QED) is 0.461. The number of carbonyl (C=O) groups is 1. The van der Waals surface area contributed by atoms with Crippen molar-refractivity contribution in [2.45, 2.75) is 19.6 Å². The second-order valence-corrected chi connectivity index (χ2v) is 7.08. The standard InChI is InChI=1S/C22H23F3N6O2/c1-14-20(31(2)13-28-14)15-7-8-18(27-10-15)11-26-12-19(33-3)30-21(32)29-17-6-4-5-16(9-17)22(23,24)25/h4-10,12-13,26H,11H2,1-3H3,(H2,29,30,32)/b19-12-. The maximum atomic E-state index is 12.8. The molecule has 0 fully saturated rings. The number of nitrogens with one attached hydrogen (secondary N) is 3.